The van der Waals surface area contributed by atoms with Gasteiger partial charge in [-0.2, -0.15) is 10.5 Å². The van der Waals surface area contributed by atoms with E-state index in [0.29, 0.717) is 5.82 Å². The van der Waals surface area contributed by atoms with Crippen LogP contribution in [0.5, 0.6) is 0 Å². The van der Waals surface area contributed by atoms with Crippen molar-refractivity contribution < 1.29 is 0 Å². The summed E-state index contributed by atoms with van der Waals surface area (Å²) >= 11 is 0. The Morgan fingerprint density at radius 2 is 2.00 bits per heavy atom. The average molecular weight is 187 g/mol. The van der Waals surface area contributed by atoms with Gasteiger partial charge in [-0.15, -0.1) is 0 Å². The highest BCUT2D eigenvalue weighted by molar-refractivity contribution is 5.53. The molecule has 0 unspecified atom stereocenters. The van der Waals surface area contributed by atoms with Gasteiger partial charge in [-0.25, -0.2) is 4.98 Å². The first kappa shape index (κ1) is 9.82. The minimum atomic E-state index is 0.164. The predicted octanol–water partition coefficient (Wildman–Crippen LogP) is 0.517. The molecule has 0 amide bonds. The Morgan fingerprint density at radius 3 is 2.50 bits per heavy atom. The van der Waals surface area contributed by atoms with Crippen molar-refractivity contribution in [3.63, 3.8) is 0 Å². The SMILES string of the molecule is N#CCN(CC#N)c1ccnc(N)c1. The molecule has 0 spiro atoms. The summed E-state index contributed by atoms with van der Waals surface area (Å²) in [5.74, 6) is 0.378. The van der Waals surface area contributed by atoms with E-state index in [2.05, 4.69) is 4.98 Å². The first-order valence-corrected chi connectivity index (χ1v) is 3.98. The largest absolute Gasteiger partial charge is 0.384 e. The number of nitrogen functional groups attached to an aromatic ring is 1. The molecule has 0 aromatic carbocycles. The third-order valence-electron chi connectivity index (χ3n) is 1.65. The van der Waals surface area contributed by atoms with Crippen molar-refractivity contribution in [2.75, 3.05) is 23.7 Å². The van der Waals surface area contributed by atoms with E-state index in [1.165, 1.54) is 0 Å². The van der Waals surface area contributed by atoms with Crippen molar-refractivity contribution in [1.29, 1.82) is 10.5 Å². The van der Waals surface area contributed by atoms with Crippen molar-refractivity contribution in [1.82, 2.24) is 4.98 Å². The van der Waals surface area contributed by atoms with E-state index < -0.39 is 0 Å². The standard InChI is InChI=1S/C9H9N5/c10-2-5-14(6-3-11)8-1-4-13-9(12)7-8/h1,4,7H,5-6H2,(H2,12,13). The molecule has 0 aliphatic carbocycles. The first-order chi connectivity index (χ1) is 6.77. The van der Waals surface area contributed by atoms with Gasteiger partial charge in [-0.3, -0.25) is 0 Å². The number of hydrogen-bond donors (Lipinski definition) is 1. The molecule has 1 rings (SSSR count). The molecular weight excluding hydrogens is 178 g/mol. The lowest BCUT2D eigenvalue weighted by Gasteiger charge is -2.17. The first-order valence-electron chi connectivity index (χ1n) is 3.98. The van der Waals surface area contributed by atoms with E-state index >= 15 is 0 Å². The van der Waals surface area contributed by atoms with Crippen molar-refractivity contribution in [2.45, 2.75) is 0 Å². The topological polar surface area (TPSA) is 89.7 Å². The number of pyridine rings is 1. The molecule has 0 bridgehead atoms. The van der Waals surface area contributed by atoms with Crippen LogP contribution in [0.15, 0.2) is 18.3 Å². The highest BCUT2D eigenvalue weighted by Gasteiger charge is 2.05. The molecule has 1 aromatic rings. The average Bonchev–Trinajstić information content (AvgIpc) is 2.17. The molecule has 0 radical (unpaired) electrons. The van der Waals surface area contributed by atoms with E-state index in [1.54, 1.807) is 23.2 Å². The van der Waals surface area contributed by atoms with Crippen LogP contribution >= 0.6 is 0 Å². The van der Waals surface area contributed by atoms with Crippen LogP contribution in [-0.2, 0) is 0 Å². The third-order valence-corrected chi connectivity index (χ3v) is 1.65. The Morgan fingerprint density at radius 1 is 1.36 bits per heavy atom. The lowest BCUT2D eigenvalue weighted by Crippen LogP contribution is -2.23. The van der Waals surface area contributed by atoms with Gasteiger partial charge in [0.1, 0.15) is 18.9 Å². The number of nitrogens with two attached hydrogens (primary N) is 1. The summed E-state index contributed by atoms with van der Waals surface area (Å²) in [6, 6.07) is 7.32. The van der Waals surface area contributed by atoms with Gasteiger partial charge >= 0.3 is 0 Å². The van der Waals surface area contributed by atoms with Gasteiger partial charge in [0.25, 0.3) is 0 Å². The Balaban J connectivity index is 2.89. The number of rotatable bonds is 3. The van der Waals surface area contributed by atoms with E-state index in [0.717, 1.165) is 5.69 Å². The molecule has 0 aliphatic heterocycles. The van der Waals surface area contributed by atoms with Gasteiger partial charge in [-0.05, 0) is 6.07 Å². The Kier molecular flexibility index (Phi) is 3.28. The quantitative estimate of drug-likeness (QED) is 0.696. The summed E-state index contributed by atoms with van der Waals surface area (Å²) in [4.78, 5) is 5.45. The summed E-state index contributed by atoms with van der Waals surface area (Å²) in [6.45, 7) is 0.327. The zero-order valence-electron chi connectivity index (χ0n) is 7.51. The van der Waals surface area contributed by atoms with Gasteiger partial charge < -0.3 is 10.6 Å². The summed E-state index contributed by atoms with van der Waals surface area (Å²) in [5, 5.41) is 17.1. The van der Waals surface area contributed by atoms with Crippen LogP contribution in [0.1, 0.15) is 0 Å². The number of aromatic nitrogens is 1. The maximum absolute atomic E-state index is 8.55. The molecule has 0 saturated carbocycles. The second-order valence-corrected chi connectivity index (χ2v) is 2.61. The Labute approximate surface area is 82.0 Å². The molecule has 5 nitrogen and oxygen atoms in total. The van der Waals surface area contributed by atoms with Gasteiger partial charge in [0.2, 0.25) is 0 Å². The van der Waals surface area contributed by atoms with Crippen molar-refractivity contribution in [3.8, 4) is 12.1 Å². The maximum Gasteiger partial charge on any atom is 0.125 e. The predicted molar refractivity (Wildman–Crippen MR) is 52.1 cm³/mol. The molecule has 5 heteroatoms. The lowest BCUT2D eigenvalue weighted by molar-refractivity contribution is 0.964. The molecule has 0 aliphatic rings. The molecule has 0 fully saturated rings. The van der Waals surface area contributed by atoms with Gasteiger partial charge in [0.15, 0.2) is 0 Å². The molecule has 0 atom stereocenters. The Hall–Kier alpha value is -2.27. The number of anilines is 2. The summed E-state index contributed by atoms with van der Waals surface area (Å²) < 4.78 is 0. The van der Waals surface area contributed by atoms with E-state index in [-0.39, 0.29) is 13.1 Å². The molecule has 14 heavy (non-hydrogen) atoms. The zero-order chi connectivity index (χ0) is 10.4. The van der Waals surface area contributed by atoms with Crippen LogP contribution in [0.3, 0.4) is 0 Å². The van der Waals surface area contributed by atoms with Crippen LogP contribution in [-0.4, -0.2) is 18.1 Å². The van der Waals surface area contributed by atoms with Crippen LogP contribution in [0.25, 0.3) is 0 Å². The molecular formula is C9H9N5. The lowest BCUT2D eigenvalue weighted by atomic mass is 10.3. The van der Waals surface area contributed by atoms with Crippen molar-refractivity contribution in [3.05, 3.63) is 18.3 Å². The van der Waals surface area contributed by atoms with E-state index in [4.69, 9.17) is 16.3 Å². The monoisotopic (exact) mass is 187 g/mol. The normalized spacial score (nSPS) is 8.71. The summed E-state index contributed by atoms with van der Waals surface area (Å²) in [7, 11) is 0. The van der Waals surface area contributed by atoms with E-state index in [1.807, 2.05) is 12.1 Å². The highest BCUT2D eigenvalue weighted by Crippen LogP contribution is 2.14. The van der Waals surface area contributed by atoms with Crippen LogP contribution < -0.4 is 10.6 Å². The summed E-state index contributed by atoms with van der Waals surface area (Å²) in [6.07, 6.45) is 1.55. The maximum atomic E-state index is 8.55. The second-order valence-electron chi connectivity index (χ2n) is 2.61. The number of hydrogen-bond acceptors (Lipinski definition) is 5. The minimum Gasteiger partial charge on any atom is -0.384 e. The minimum absolute atomic E-state index is 0.164. The highest BCUT2D eigenvalue weighted by atomic mass is 15.1. The van der Waals surface area contributed by atoms with E-state index in [9.17, 15) is 0 Å². The fourth-order valence-electron chi connectivity index (χ4n) is 1.04. The fraction of sp³-hybridized carbons (Fsp3) is 0.222. The Bertz CT molecular complexity index is 371. The third kappa shape index (κ3) is 2.36. The van der Waals surface area contributed by atoms with Gasteiger partial charge in [-0.1, -0.05) is 0 Å². The van der Waals surface area contributed by atoms with Crippen LogP contribution in [0, 0.1) is 22.7 Å². The van der Waals surface area contributed by atoms with Gasteiger partial charge in [0.05, 0.1) is 12.1 Å². The number of nitrogens with zero attached hydrogens (tertiary/aromatic N) is 4. The molecule has 1 aromatic heterocycles. The smallest absolute Gasteiger partial charge is 0.125 e. The molecule has 0 saturated heterocycles. The fourth-order valence-corrected chi connectivity index (χ4v) is 1.04. The zero-order valence-corrected chi connectivity index (χ0v) is 7.51. The van der Waals surface area contributed by atoms with Crippen LogP contribution in [0.2, 0.25) is 0 Å². The molecule has 1 heterocycles. The van der Waals surface area contributed by atoms with Crippen molar-refractivity contribution >= 4 is 11.5 Å². The molecule has 2 N–H and O–H groups in total. The second kappa shape index (κ2) is 4.68. The summed E-state index contributed by atoms with van der Waals surface area (Å²) in [5.41, 5.74) is 6.22. The van der Waals surface area contributed by atoms with Gasteiger partial charge in [0, 0.05) is 18.0 Å². The van der Waals surface area contributed by atoms with Crippen LogP contribution in [0.4, 0.5) is 11.5 Å². The van der Waals surface area contributed by atoms with Crippen molar-refractivity contribution in [2.24, 2.45) is 0 Å². The number of nitriles is 2. The molecule has 70 valence electrons.